The Morgan fingerprint density at radius 3 is 2.45 bits per heavy atom. The van der Waals surface area contributed by atoms with E-state index in [1.807, 2.05) is 0 Å². The van der Waals surface area contributed by atoms with Crippen molar-refractivity contribution in [3.8, 4) is 5.75 Å². The third kappa shape index (κ3) is 2.75. The second-order valence-corrected chi connectivity index (χ2v) is 5.41. The molecule has 0 fully saturated rings. The van der Waals surface area contributed by atoms with Crippen LogP contribution in [0.25, 0.3) is 0 Å². The molecule has 2 aromatic rings. The summed E-state index contributed by atoms with van der Waals surface area (Å²) in [6.07, 6.45) is -4.32. The van der Waals surface area contributed by atoms with Crippen LogP contribution in [-0.4, -0.2) is 13.3 Å². The Morgan fingerprint density at radius 2 is 1.82 bits per heavy atom. The zero-order valence-electron chi connectivity index (χ0n) is 12.0. The van der Waals surface area contributed by atoms with Gasteiger partial charge in [0.25, 0.3) is 0 Å². The Kier molecular flexibility index (Phi) is 3.72. The number of halogens is 3. The second-order valence-electron chi connectivity index (χ2n) is 5.41. The molecule has 0 saturated carbocycles. The predicted molar refractivity (Wildman–Crippen MR) is 79.0 cm³/mol. The lowest BCUT2D eigenvalue weighted by Gasteiger charge is -2.36. The quantitative estimate of drug-likeness (QED) is 0.876. The molecule has 0 unspecified atom stereocenters. The van der Waals surface area contributed by atoms with E-state index in [1.165, 1.54) is 7.11 Å². The lowest BCUT2D eigenvalue weighted by atomic mass is 9.83. The maximum absolute atomic E-state index is 13.5. The fourth-order valence-corrected chi connectivity index (χ4v) is 2.91. The van der Waals surface area contributed by atoms with Crippen LogP contribution in [0.5, 0.6) is 5.75 Å². The standard InChI is InChI=1S/C17H16F3NO/c1-22-13-7-8-15-12(9-13)10-14(17(18,19)20)16(21-15)11-5-3-2-4-6-11/h2-9,14,16,21H,10H2,1H3/t14-,16-/m0/s1. The molecule has 0 aromatic heterocycles. The minimum atomic E-state index is -4.27. The molecule has 1 aliphatic heterocycles. The molecule has 116 valence electrons. The highest BCUT2D eigenvalue weighted by Crippen LogP contribution is 2.45. The predicted octanol–water partition coefficient (Wildman–Crippen LogP) is 4.58. The molecule has 22 heavy (non-hydrogen) atoms. The zero-order valence-corrected chi connectivity index (χ0v) is 12.0. The van der Waals surface area contributed by atoms with Crippen LogP contribution >= 0.6 is 0 Å². The van der Waals surface area contributed by atoms with Crippen molar-refractivity contribution in [2.24, 2.45) is 5.92 Å². The number of nitrogens with one attached hydrogen (secondary N) is 1. The highest BCUT2D eigenvalue weighted by molar-refractivity contribution is 5.58. The van der Waals surface area contributed by atoms with Crippen LogP contribution in [0.2, 0.25) is 0 Å². The number of alkyl halides is 3. The van der Waals surface area contributed by atoms with Crippen LogP contribution in [0.4, 0.5) is 18.9 Å². The summed E-state index contributed by atoms with van der Waals surface area (Å²) in [4.78, 5) is 0. The van der Waals surface area contributed by atoms with Crippen LogP contribution in [0, 0.1) is 5.92 Å². The van der Waals surface area contributed by atoms with Crippen LogP contribution < -0.4 is 10.1 Å². The highest BCUT2D eigenvalue weighted by Gasteiger charge is 2.47. The Labute approximate surface area is 126 Å². The number of ether oxygens (including phenoxy) is 1. The molecule has 0 saturated heterocycles. The molecule has 2 aromatic carbocycles. The average Bonchev–Trinajstić information content (AvgIpc) is 2.53. The van der Waals surface area contributed by atoms with Gasteiger partial charge in [-0.05, 0) is 35.7 Å². The monoisotopic (exact) mass is 307 g/mol. The van der Waals surface area contributed by atoms with Crippen LogP contribution in [0.3, 0.4) is 0 Å². The fourth-order valence-electron chi connectivity index (χ4n) is 2.91. The van der Waals surface area contributed by atoms with Crippen molar-refractivity contribution in [3.63, 3.8) is 0 Å². The van der Waals surface area contributed by atoms with Gasteiger partial charge >= 0.3 is 6.18 Å². The van der Waals surface area contributed by atoms with E-state index in [0.717, 1.165) is 5.69 Å². The fraction of sp³-hybridized carbons (Fsp3) is 0.294. The Morgan fingerprint density at radius 1 is 1.09 bits per heavy atom. The number of fused-ring (bicyclic) bond motifs is 1. The van der Waals surface area contributed by atoms with Crippen LogP contribution in [0.1, 0.15) is 17.2 Å². The van der Waals surface area contributed by atoms with Gasteiger partial charge in [0.1, 0.15) is 5.75 Å². The first-order valence-electron chi connectivity index (χ1n) is 7.04. The molecule has 2 atom stereocenters. The molecule has 1 heterocycles. The largest absolute Gasteiger partial charge is 0.497 e. The molecule has 3 rings (SSSR count). The lowest BCUT2D eigenvalue weighted by molar-refractivity contribution is -0.179. The molecule has 1 aliphatic rings. The first-order chi connectivity index (χ1) is 10.5. The maximum Gasteiger partial charge on any atom is 0.394 e. The van der Waals surface area contributed by atoms with E-state index in [1.54, 1.807) is 48.5 Å². The van der Waals surface area contributed by atoms with Gasteiger partial charge in [-0.1, -0.05) is 30.3 Å². The number of hydrogen-bond donors (Lipinski definition) is 1. The molecule has 5 heteroatoms. The summed E-state index contributed by atoms with van der Waals surface area (Å²) < 4.78 is 45.6. The number of methoxy groups -OCH3 is 1. The summed E-state index contributed by atoms with van der Waals surface area (Å²) in [5, 5.41) is 3.05. The van der Waals surface area contributed by atoms with Crippen molar-refractivity contribution in [3.05, 3.63) is 59.7 Å². The van der Waals surface area contributed by atoms with Crippen molar-refractivity contribution in [2.75, 3.05) is 12.4 Å². The molecule has 0 radical (unpaired) electrons. The summed E-state index contributed by atoms with van der Waals surface area (Å²) in [5.41, 5.74) is 2.01. The SMILES string of the molecule is COc1ccc2c(c1)C[C@H](C(F)(F)F)[C@H](c1ccccc1)N2. The van der Waals surface area contributed by atoms with Crippen LogP contribution in [-0.2, 0) is 6.42 Å². The van der Waals surface area contributed by atoms with E-state index in [4.69, 9.17) is 4.74 Å². The van der Waals surface area contributed by atoms with E-state index in [2.05, 4.69) is 5.32 Å². The van der Waals surface area contributed by atoms with E-state index in [-0.39, 0.29) is 6.42 Å². The summed E-state index contributed by atoms with van der Waals surface area (Å²) in [5.74, 6) is -0.894. The van der Waals surface area contributed by atoms with Gasteiger partial charge in [0.2, 0.25) is 0 Å². The van der Waals surface area contributed by atoms with E-state index in [0.29, 0.717) is 16.9 Å². The Bertz CT molecular complexity index is 655. The number of anilines is 1. The molecular weight excluding hydrogens is 291 g/mol. The summed E-state index contributed by atoms with van der Waals surface area (Å²) in [6, 6.07) is 13.2. The van der Waals surface area contributed by atoms with Gasteiger partial charge in [0, 0.05) is 5.69 Å². The van der Waals surface area contributed by atoms with Gasteiger partial charge in [-0.3, -0.25) is 0 Å². The van der Waals surface area contributed by atoms with Gasteiger partial charge in [0.05, 0.1) is 19.1 Å². The van der Waals surface area contributed by atoms with Crippen molar-refractivity contribution in [2.45, 2.75) is 18.6 Å². The summed E-state index contributed by atoms with van der Waals surface area (Å²) >= 11 is 0. The highest BCUT2D eigenvalue weighted by atomic mass is 19.4. The maximum atomic E-state index is 13.5. The molecule has 2 nitrogen and oxygen atoms in total. The number of benzene rings is 2. The lowest BCUT2D eigenvalue weighted by Crippen LogP contribution is -2.38. The summed E-state index contributed by atoms with van der Waals surface area (Å²) in [7, 11) is 1.51. The molecule has 0 amide bonds. The molecule has 0 bridgehead atoms. The second kappa shape index (κ2) is 5.55. The summed E-state index contributed by atoms with van der Waals surface area (Å²) in [6.45, 7) is 0. The first-order valence-corrected chi connectivity index (χ1v) is 7.04. The van der Waals surface area contributed by atoms with Gasteiger partial charge in [-0.15, -0.1) is 0 Å². The smallest absolute Gasteiger partial charge is 0.394 e. The third-order valence-corrected chi connectivity index (χ3v) is 4.04. The topological polar surface area (TPSA) is 21.3 Å². The Balaban J connectivity index is 2.02. The minimum absolute atomic E-state index is 0.0530. The van der Waals surface area contributed by atoms with Gasteiger partial charge < -0.3 is 10.1 Å². The number of hydrogen-bond acceptors (Lipinski definition) is 2. The van der Waals surface area contributed by atoms with Crippen molar-refractivity contribution >= 4 is 5.69 Å². The molecule has 0 aliphatic carbocycles. The van der Waals surface area contributed by atoms with Crippen molar-refractivity contribution in [1.29, 1.82) is 0 Å². The normalized spacial score (nSPS) is 20.9. The van der Waals surface area contributed by atoms with Crippen molar-refractivity contribution < 1.29 is 17.9 Å². The zero-order chi connectivity index (χ0) is 15.7. The van der Waals surface area contributed by atoms with Gasteiger partial charge in [-0.25, -0.2) is 0 Å². The molecular formula is C17H16F3NO. The molecule has 0 spiro atoms. The van der Waals surface area contributed by atoms with Crippen LogP contribution in [0.15, 0.2) is 48.5 Å². The average molecular weight is 307 g/mol. The Hall–Kier alpha value is -2.17. The third-order valence-electron chi connectivity index (χ3n) is 4.04. The van der Waals surface area contributed by atoms with Crippen molar-refractivity contribution in [1.82, 2.24) is 0 Å². The first kappa shape index (κ1) is 14.8. The number of rotatable bonds is 2. The van der Waals surface area contributed by atoms with Gasteiger partial charge in [0.15, 0.2) is 0 Å². The van der Waals surface area contributed by atoms with Gasteiger partial charge in [-0.2, -0.15) is 13.2 Å². The van der Waals surface area contributed by atoms with E-state index >= 15 is 0 Å². The minimum Gasteiger partial charge on any atom is -0.497 e. The van der Waals surface area contributed by atoms with E-state index in [9.17, 15) is 13.2 Å². The van der Waals surface area contributed by atoms with E-state index < -0.39 is 18.1 Å². The molecule has 1 N–H and O–H groups in total.